The molecular weight excluding hydrogens is 813 g/mol. The zero-order valence-electron chi connectivity index (χ0n) is 32.6. The number of anilines is 1. The molecule has 4 rings (SSSR count). The molecule has 0 saturated carbocycles. The van der Waals surface area contributed by atoms with Gasteiger partial charge in [0, 0.05) is 17.6 Å². The van der Waals surface area contributed by atoms with Crippen LogP contribution in [-0.4, -0.2) is 118 Å². The molecule has 0 bridgehead atoms. The molecule has 1 aliphatic rings. The first-order valence-corrected chi connectivity index (χ1v) is 19.4. The van der Waals surface area contributed by atoms with Gasteiger partial charge in [0.1, 0.15) is 22.9 Å². The molecule has 26 heteroatoms. The number of β-lactam (4-membered cyclic amide) rings is 1. The Labute approximate surface area is 333 Å². The molecule has 0 aliphatic carbocycles. The van der Waals surface area contributed by atoms with E-state index in [1.165, 1.54) is 30.9 Å². The third-order valence-corrected chi connectivity index (χ3v) is 9.05. The molecule has 1 fully saturated rings. The van der Waals surface area contributed by atoms with Gasteiger partial charge in [-0.25, -0.2) is 28.9 Å². The van der Waals surface area contributed by atoms with Crippen LogP contribution in [0.4, 0.5) is 14.7 Å². The Bertz CT molecular complexity index is 2380. The topological polar surface area (TPSA) is 325 Å². The summed E-state index contributed by atoms with van der Waals surface area (Å²) in [5.74, 6) is -4.20. The first-order valence-electron chi connectivity index (χ1n) is 17.0. The highest BCUT2D eigenvalue weighted by Crippen LogP contribution is 2.22. The van der Waals surface area contributed by atoms with Crippen molar-refractivity contribution in [3.63, 3.8) is 0 Å². The van der Waals surface area contributed by atoms with Crippen molar-refractivity contribution in [1.29, 1.82) is 0 Å². The summed E-state index contributed by atoms with van der Waals surface area (Å²) < 4.78 is 39.1. The van der Waals surface area contributed by atoms with E-state index in [-0.39, 0.29) is 20.6 Å². The maximum absolute atomic E-state index is 13.6. The smallest absolute Gasteiger partial charge is 0.413 e. The number of aromatic hydroxyl groups is 1. The molecule has 2 atom stereocenters. The number of thiazole rings is 1. The number of H-pyrrole nitrogens is 1. The van der Waals surface area contributed by atoms with E-state index >= 15 is 0 Å². The molecule has 3 aromatic rings. The van der Waals surface area contributed by atoms with Gasteiger partial charge >= 0.3 is 34.0 Å². The molecule has 4 heterocycles. The fourth-order valence-corrected chi connectivity index (χ4v) is 6.13. The highest BCUT2D eigenvalue weighted by atomic mass is 32.2. The molecule has 5 amide bonds. The molecule has 6 N–H and O–H groups in total. The second-order valence-electron chi connectivity index (χ2n) is 15.1. The number of urea groups is 1. The molecule has 0 unspecified atom stereocenters. The first kappa shape index (κ1) is 44.6. The molecule has 316 valence electrons. The number of nitrogens with zero attached hydrogens (tertiary/aromatic N) is 6. The van der Waals surface area contributed by atoms with Crippen LogP contribution in [0.25, 0.3) is 11.5 Å². The van der Waals surface area contributed by atoms with Crippen LogP contribution >= 0.6 is 11.3 Å². The van der Waals surface area contributed by atoms with Gasteiger partial charge in [-0.1, -0.05) is 9.24 Å². The first-order chi connectivity index (χ1) is 26.6. The number of rotatable bonds is 12. The summed E-state index contributed by atoms with van der Waals surface area (Å²) in [6, 6.07) is -2.16. The number of ether oxygens (including phenoxy) is 2. The average Bonchev–Trinajstić information content (AvgIpc) is 3.65. The van der Waals surface area contributed by atoms with Gasteiger partial charge in [0.05, 0.1) is 24.9 Å². The molecule has 58 heavy (non-hydrogen) atoms. The summed E-state index contributed by atoms with van der Waals surface area (Å²) in [5, 5.41) is 33.0. The van der Waals surface area contributed by atoms with Gasteiger partial charge in [-0.05, 0) is 62.3 Å². The Morgan fingerprint density at radius 2 is 1.71 bits per heavy atom. The number of likely N-dealkylation sites (tertiary alicyclic amines) is 1. The Morgan fingerprint density at radius 1 is 1.07 bits per heavy atom. The fourth-order valence-electron chi connectivity index (χ4n) is 4.54. The Morgan fingerprint density at radius 3 is 2.28 bits per heavy atom. The number of esters is 1. The van der Waals surface area contributed by atoms with E-state index in [2.05, 4.69) is 30.9 Å². The number of oxime groups is 1. The second kappa shape index (κ2) is 16.4. The van der Waals surface area contributed by atoms with E-state index in [0.29, 0.717) is 9.47 Å². The number of hydrogen-bond donors (Lipinski definition) is 6. The lowest BCUT2D eigenvalue weighted by atomic mass is 10.1. The van der Waals surface area contributed by atoms with Crippen LogP contribution in [0.3, 0.4) is 0 Å². The molecule has 1 saturated heterocycles. The lowest BCUT2D eigenvalue weighted by Crippen LogP contribution is -2.68. The summed E-state index contributed by atoms with van der Waals surface area (Å²) in [4.78, 5) is 102. The van der Waals surface area contributed by atoms with Crippen LogP contribution in [0, 0.1) is 0 Å². The number of hydrogen-bond acceptors (Lipinski definition) is 18. The predicted molar refractivity (Wildman–Crippen MR) is 202 cm³/mol. The zero-order valence-corrected chi connectivity index (χ0v) is 34.2. The minimum Gasteiger partial charge on any atom is -0.503 e. The second-order valence-corrected chi connectivity index (χ2v) is 17.5. The summed E-state index contributed by atoms with van der Waals surface area (Å²) in [6.45, 7) is 12.6. The summed E-state index contributed by atoms with van der Waals surface area (Å²) >= 11 is 0.865. The van der Waals surface area contributed by atoms with E-state index in [0.717, 1.165) is 23.6 Å². The SMILES string of the molecule is C[C@@H](O)Cn1c(-c2cc(=O)c(O)c[nH]2)nn(S(=O)(=O)NC(=O)N2C[C@H](NC(=O)/C(=N\OC(C)(C)C(=O)OC(C)(C)C)c3csc(NC(=O)OC(C)(C)C)n3)C2=O)c1=O. The third-order valence-electron chi connectivity index (χ3n) is 7.16. The van der Waals surface area contributed by atoms with E-state index < -0.39 is 111 Å². The molecule has 0 aromatic carbocycles. The van der Waals surface area contributed by atoms with Crippen LogP contribution in [0.15, 0.2) is 32.4 Å². The lowest BCUT2D eigenvalue weighted by molar-refractivity contribution is -0.179. The number of aliphatic hydroxyl groups excluding tert-OH is 1. The van der Waals surface area contributed by atoms with Crippen molar-refractivity contribution in [2.24, 2.45) is 5.16 Å². The average molecular weight is 855 g/mol. The summed E-state index contributed by atoms with van der Waals surface area (Å²) in [7, 11) is -5.20. The molecular formula is C32H42N10O14S2. The highest BCUT2D eigenvalue weighted by molar-refractivity contribution is 7.88. The number of aliphatic hydroxyl groups is 1. The molecule has 24 nitrogen and oxygen atoms in total. The number of amides is 5. The van der Waals surface area contributed by atoms with E-state index in [1.807, 2.05) is 0 Å². The van der Waals surface area contributed by atoms with Crippen molar-refractivity contribution in [3.05, 3.63) is 44.0 Å². The van der Waals surface area contributed by atoms with Gasteiger partial charge in [-0.15, -0.1) is 16.4 Å². The van der Waals surface area contributed by atoms with Crippen LogP contribution in [0.1, 0.15) is 68.0 Å². The van der Waals surface area contributed by atoms with E-state index in [1.54, 1.807) is 41.5 Å². The van der Waals surface area contributed by atoms with Gasteiger partial charge in [-0.3, -0.25) is 29.2 Å². The number of pyridine rings is 1. The van der Waals surface area contributed by atoms with Gasteiger partial charge in [0.2, 0.25) is 11.0 Å². The Hall–Kier alpha value is -6.15. The number of nitrogens with one attached hydrogen (secondary N) is 4. The number of aromatic nitrogens is 5. The number of imide groups is 1. The van der Waals surface area contributed by atoms with Crippen molar-refractivity contribution in [1.82, 2.24) is 38.7 Å². The zero-order chi connectivity index (χ0) is 43.7. The van der Waals surface area contributed by atoms with Crippen LogP contribution < -0.4 is 26.5 Å². The number of carbonyl (C=O) groups excluding carboxylic acids is 5. The Balaban J connectivity index is 1.53. The maximum Gasteiger partial charge on any atom is 0.413 e. The minimum absolute atomic E-state index is 0.0294. The van der Waals surface area contributed by atoms with E-state index in [4.69, 9.17) is 14.3 Å². The number of carbonyl (C=O) groups is 5. The van der Waals surface area contributed by atoms with Crippen molar-refractivity contribution < 1.29 is 56.9 Å². The molecule has 0 spiro atoms. The summed E-state index contributed by atoms with van der Waals surface area (Å²) in [5.41, 5.74) is -6.78. The standard InChI is InChI=1S/C32H42N10O14S2/c1-15(43)12-40-22(16-10-19(44)20(45)11-33-16)37-42(29(40)51)58(52,53)39-27(49)41-13-17(24(41)47)34-23(46)21(38-56-32(8,9)25(48)54-30(2,3)4)18-14-57-26(35-18)36-28(50)55-31(5,6)7/h10-11,14-15,17,43,45H,12-13H2,1-9H3,(H,33,44)(H,34,46)(H,39,49)(H,35,36,50)/b38-21-/t15-,17+/m1/s1. The largest absolute Gasteiger partial charge is 0.503 e. The molecule has 1 aliphatic heterocycles. The lowest BCUT2D eigenvalue weighted by Gasteiger charge is -2.36. The van der Waals surface area contributed by atoms with Gasteiger partial charge in [0.25, 0.3) is 11.8 Å². The summed E-state index contributed by atoms with van der Waals surface area (Å²) in [6.07, 6.45) is -1.22. The minimum atomic E-state index is -5.20. The van der Waals surface area contributed by atoms with Crippen molar-refractivity contribution in [3.8, 4) is 17.3 Å². The maximum atomic E-state index is 13.6. The third kappa shape index (κ3) is 10.8. The van der Waals surface area contributed by atoms with Crippen LogP contribution in [0.2, 0.25) is 0 Å². The highest BCUT2D eigenvalue weighted by Gasteiger charge is 2.44. The molecule has 3 aromatic heterocycles. The van der Waals surface area contributed by atoms with Crippen molar-refractivity contribution in [2.75, 3.05) is 11.9 Å². The van der Waals surface area contributed by atoms with E-state index in [9.17, 15) is 52.2 Å². The van der Waals surface area contributed by atoms with Gasteiger partial charge in [-0.2, -0.15) is 8.42 Å². The molecule has 0 radical (unpaired) electrons. The van der Waals surface area contributed by atoms with Crippen LogP contribution in [0.5, 0.6) is 5.75 Å². The Kier molecular flexibility index (Phi) is 12.6. The normalized spacial score (nSPS) is 15.6. The van der Waals surface area contributed by atoms with Gasteiger partial charge in [0.15, 0.2) is 22.4 Å². The van der Waals surface area contributed by atoms with Crippen molar-refractivity contribution in [2.45, 2.75) is 97.8 Å². The fraction of sp³-hybridized carbons (Fsp3) is 0.500. The predicted octanol–water partition coefficient (Wildman–Crippen LogP) is -0.0393. The monoisotopic (exact) mass is 854 g/mol. The van der Waals surface area contributed by atoms with Crippen LogP contribution in [-0.2, 0) is 45.4 Å². The van der Waals surface area contributed by atoms with Gasteiger partial charge < -0.3 is 34.8 Å². The number of aromatic amines is 1. The van der Waals surface area contributed by atoms with Crippen molar-refractivity contribution >= 4 is 62.3 Å². The quantitative estimate of drug-likeness (QED) is 0.0603.